The highest BCUT2D eigenvalue weighted by Crippen LogP contribution is 2.17. The second-order valence-corrected chi connectivity index (χ2v) is 5.74. The van der Waals surface area contributed by atoms with Crippen LogP contribution in [0, 0.1) is 0 Å². The Hall–Kier alpha value is -2.69. The maximum atomic E-state index is 12.1. The Morgan fingerprint density at radius 1 is 0.808 bits per heavy atom. The predicted molar refractivity (Wildman–Crippen MR) is 102 cm³/mol. The summed E-state index contributed by atoms with van der Waals surface area (Å²) in [5, 5.41) is 2.84. The number of unbranched alkanes of at least 4 members (excludes halogenated alkanes) is 1. The topological polar surface area (TPSA) is 56.8 Å². The summed E-state index contributed by atoms with van der Waals surface area (Å²) in [4.78, 5) is 12.1. The Kier molecular flexibility index (Phi) is 8.33. The molecule has 0 unspecified atom stereocenters. The molecule has 0 aliphatic rings. The summed E-state index contributed by atoms with van der Waals surface area (Å²) in [6, 6.07) is 14.6. The zero-order valence-electron chi connectivity index (χ0n) is 15.5. The van der Waals surface area contributed by atoms with E-state index in [1.807, 2.05) is 43.3 Å². The molecule has 26 heavy (non-hydrogen) atoms. The number of rotatable bonds is 11. The molecule has 1 N–H and O–H groups in total. The van der Waals surface area contributed by atoms with E-state index >= 15 is 0 Å². The van der Waals surface area contributed by atoms with Gasteiger partial charge in [-0.2, -0.15) is 0 Å². The van der Waals surface area contributed by atoms with Crippen molar-refractivity contribution in [2.45, 2.75) is 26.7 Å². The van der Waals surface area contributed by atoms with E-state index in [4.69, 9.17) is 14.2 Å². The Morgan fingerprint density at radius 3 is 1.92 bits per heavy atom. The van der Waals surface area contributed by atoms with E-state index in [1.165, 1.54) is 0 Å². The molecule has 0 saturated carbocycles. The number of amides is 1. The molecule has 2 rings (SSSR count). The molecule has 5 nitrogen and oxygen atoms in total. The molecule has 0 bridgehead atoms. The standard InChI is InChI=1S/C21H27NO4/c1-3-5-15-25-19-8-6-17(7-9-19)21(23)22-14-16-26-20-12-10-18(11-13-20)24-4-2/h6-13H,3-5,14-16H2,1-2H3,(H,22,23). The number of carbonyl (C=O) groups excluding carboxylic acids is 1. The number of hydrogen-bond acceptors (Lipinski definition) is 4. The van der Waals surface area contributed by atoms with Crippen molar-refractivity contribution >= 4 is 5.91 Å². The molecule has 1 amide bonds. The highest BCUT2D eigenvalue weighted by Gasteiger charge is 2.05. The third-order valence-electron chi connectivity index (χ3n) is 3.67. The van der Waals surface area contributed by atoms with Gasteiger partial charge in [0.15, 0.2) is 0 Å². The molecule has 2 aromatic carbocycles. The van der Waals surface area contributed by atoms with Crippen molar-refractivity contribution < 1.29 is 19.0 Å². The lowest BCUT2D eigenvalue weighted by molar-refractivity contribution is 0.0947. The summed E-state index contributed by atoms with van der Waals surface area (Å²) in [6.07, 6.45) is 2.12. The van der Waals surface area contributed by atoms with E-state index in [2.05, 4.69) is 12.2 Å². The molecule has 0 atom stereocenters. The van der Waals surface area contributed by atoms with E-state index < -0.39 is 0 Å². The summed E-state index contributed by atoms with van der Waals surface area (Å²) in [6.45, 7) is 6.23. The Labute approximate surface area is 155 Å². The summed E-state index contributed by atoms with van der Waals surface area (Å²) in [5.74, 6) is 2.22. The van der Waals surface area contributed by atoms with Gasteiger partial charge in [-0.3, -0.25) is 4.79 Å². The normalized spacial score (nSPS) is 10.2. The van der Waals surface area contributed by atoms with Crippen LogP contribution in [0.3, 0.4) is 0 Å². The maximum absolute atomic E-state index is 12.1. The monoisotopic (exact) mass is 357 g/mol. The van der Waals surface area contributed by atoms with Crippen molar-refractivity contribution in [1.82, 2.24) is 5.32 Å². The molecule has 0 aromatic heterocycles. The van der Waals surface area contributed by atoms with Crippen molar-refractivity contribution in [2.24, 2.45) is 0 Å². The van der Waals surface area contributed by atoms with Gasteiger partial charge in [-0.15, -0.1) is 0 Å². The molecule has 5 heteroatoms. The van der Waals surface area contributed by atoms with Gasteiger partial charge in [-0.05, 0) is 61.9 Å². The first-order valence-corrected chi connectivity index (χ1v) is 9.09. The van der Waals surface area contributed by atoms with E-state index in [9.17, 15) is 4.79 Å². The molecule has 0 aliphatic carbocycles. The zero-order chi connectivity index (χ0) is 18.6. The average molecular weight is 357 g/mol. The van der Waals surface area contributed by atoms with Gasteiger partial charge in [-0.1, -0.05) is 13.3 Å². The van der Waals surface area contributed by atoms with E-state index in [0.29, 0.717) is 31.9 Å². The summed E-state index contributed by atoms with van der Waals surface area (Å²) in [7, 11) is 0. The van der Waals surface area contributed by atoms with Crippen LogP contribution in [0.2, 0.25) is 0 Å². The number of nitrogens with one attached hydrogen (secondary N) is 1. The maximum Gasteiger partial charge on any atom is 0.251 e. The summed E-state index contributed by atoms with van der Waals surface area (Å²) < 4.78 is 16.6. The molecule has 0 heterocycles. The average Bonchev–Trinajstić information content (AvgIpc) is 2.67. The van der Waals surface area contributed by atoms with Crippen LogP contribution in [0.25, 0.3) is 0 Å². The van der Waals surface area contributed by atoms with Crippen LogP contribution in [0.15, 0.2) is 48.5 Å². The van der Waals surface area contributed by atoms with Crippen LogP contribution in [-0.4, -0.2) is 32.3 Å². The molecule has 0 spiro atoms. The number of benzene rings is 2. The van der Waals surface area contributed by atoms with Crippen molar-refractivity contribution in [3.05, 3.63) is 54.1 Å². The third-order valence-corrected chi connectivity index (χ3v) is 3.67. The zero-order valence-corrected chi connectivity index (χ0v) is 15.5. The van der Waals surface area contributed by atoms with Gasteiger partial charge in [0, 0.05) is 5.56 Å². The van der Waals surface area contributed by atoms with Crippen LogP contribution < -0.4 is 19.5 Å². The minimum Gasteiger partial charge on any atom is -0.494 e. The Balaban J connectivity index is 1.69. The predicted octanol–water partition coefficient (Wildman–Crippen LogP) is 4.07. The fraction of sp³-hybridized carbons (Fsp3) is 0.381. The van der Waals surface area contributed by atoms with Crippen LogP contribution in [0.5, 0.6) is 17.2 Å². The minimum absolute atomic E-state index is 0.125. The highest BCUT2D eigenvalue weighted by atomic mass is 16.5. The lowest BCUT2D eigenvalue weighted by Gasteiger charge is -2.09. The molecule has 0 fully saturated rings. The third kappa shape index (κ3) is 6.67. The van der Waals surface area contributed by atoms with Gasteiger partial charge >= 0.3 is 0 Å². The largest absolute Gasteiger partial charge is 0.494 e. The quantitative estimate of drug-likeness (QED) is 0.616. The lowest BCUT2D eigenvalue weighted by Crippen LogP contribution is -2.28. The second kappa shape index (κ2) is 11.0. The van der Waals surface area contributed by atoms with Gasteiger partial charge in [-0.25, -0.2) is 0 Å². The van der Waals surface area contributed by atoms with E-state index in [-0.39, 0.29) is 5.91 Å². The van der Waals surface area contributed by atoms with Crippen LogP contribution in [0.1, 0.15) is 37.0 Å². The molecular weight excluding hydrogens is 330 g/mol. The van der Waals surface area contributed by atoms with Gasteiger partial charge in [0.25, 0.3) is 5.91 Å². The SMILES string of the molecule is CCCCOc1ccc(C(=O)NCCOc2ccc(OCC)cc2)cc1. The molecule has 0 aliphatic heterocycles. The minimum atomic E-state index is -0.125. The fourth-order valence-corrected chi connectivity index (χ4v) is 2.27. The molecular formula is C21H27NO4. The van der Waals surface area contributed by atoms with E-state index in [1.54, 1.807) is 12.1 Å². The van der Waals surface area contributed by atoms with Gasteiger partial charge in [0.2, 0.25) is 0 Å². The second-order valence-electron chi connectivity index (χ2n) is 5.74. The van der Waals surface area contributed by atoms with Gasteiger partial charge in [0.1, 0.15) is 23.9 Å². The molecule has 140 valence electrons. The van der Waals surface area contributed by atoms with Crippen molar-refractivity contribution in [3.63, 3.8) is 0 Å². The summed E-state index contributed by atoms with van der Waals surface area (Å²) in [5.41, 5.74) is 0.605. The first kappa shape index (κ1) is 19.6. The fourth-order valence-electron chi connectivity index (χ4n) is 2.27. The lowest BCUT2D eigenvalue weighted by atomic mass is 10.2. The van der Waals surface area contributed by atoms with E-state index in [0.717, 1.165) is 30.1 Å². The van der Waals surface area contributed by atoms with Crippen LogP contribution >= 0.6 is 0 Å². The Morgan fingerprint density at radius 2 is 1.35 bits per heavy atom. The highest BCUT2D eigenvalue weighted by molar-refractivity contribution is 5.94. The number of carbonyl (C=O) groups is 1. The molecule has 0 saturated heterocycles. The van der Waals surface area contributed by atoms with Crippen molar-refractivity contribution in [2.75, 3.05) is 26.4 Å². The van der Waals surface area contributed by atoms with Crippen LogP contribution in [0.4, 0.5) is 0 Å². The van der Waals surface area contributed by atoms with Crippen molar-refractivity contribution in [1.29, 1.82) is 0 Å². The molecule has 0 radical (unpaired) electrons. The Bertz CT molecular complexity index is 653. The summed E-state index contributed by atoms with van der Waals surface area (Å²) >= 11 is 0. The number of ether oxygens (including phenoxy) is 3. The van der Waals surface area contributed by atoms with Crippen LogP contribution in [-0.2, 0) is 0 Å². The van der Waals surface area contributed by atoms with Gasteiger partial charge in [0.05, 0.1) is 19.8 Å². The van der Waals surface area contributed by atoms with Crippen molar-refractivity contribution in [3.8, 4) is 17.2 Å². The smallest absolute Gasteiger partial charge is 0.251 e. The number of hydrogen-bond donors (Lipinski definition) is 1. The molecule has 2 aromatic rings. The first-order valence-electron chi connectivity index (χ1n) is 9.09. The first-order chi connectivity index (χ1) is 12.7. The van der Waals surface area contributed by atoms with Gasteiger partial charge < -0.3 is 19.5 Å².